The minimum atomic E-state index is -0.500. The van der Waals surface area contributed by atoms with Gasteiger partial charge in [0.15, 0.2) is 11.5 Å². The van der Waals surface area contributed by atoms with Crippen molar-refractivity contribution in [2.24, 2.45) is 0 Å². The molecule has 0 saturated carbocycles. The lowest BCUT2D eigenvalue weighted by Crippen LogP contribution is -2.12. The molecule has 0 bridgehead atoms. The van der Waals surface area contributed by atoms with Gasteiger partial charge in [-0.05, 0) is 6.92 Å². The van der Waals surface area contributed by atoms with E-state index in [9.17, 15) is 4.79 Å². The van der Waals surface area contributed by atoms with E-state index in [0.717, 1.165) is 0 Å². The lowest BCUT2D eigenvalue weighted by molar-refractivity contribution is 0.0527. The number of nitrogen functional groups attached to an aromatic ring is 1. The molecule has 124 valence electrons. The van der Waals surface area contributed by atoms with Gasteiger partial charge in [-0.3, -0.25) is 0 Å². The molecule has 0 aromatic heterocycles. The van der Waals surface area contributed by atoms with Crippen LogP contribution in [0.5, 0.6) is 11.5 Å². The average Bonchev–Trinajstić information content (AvgIpc) is 2.49. The molecule has 1 aromatic rings. The van der Waals surface area contributed by atoms with Gasteiger partial charge in [0.2, 0.25) is 0 Å². The Morgan fingerprint density at radius 3 is 2.05 bits per heavy atom. The molecule has 0 heterocycles. The van der Waals surface area contributed by atoms with Gasteiger partial charge in [0, 0.05) is 26.4 Å². The number of anilines is 1. The molecule has 2 N–H and O–H groups in total. The number of benzene rings is 1. The predicted octanol–water partition coefficient (Wildman–Crippen LogP) is 1.50. The van der Waals surface area contributed by atoms with E-state index in [2.05, 4.69) is 0 Å². The summed E-state index contributed by atoms with van der Waals surface area (Å²) in [5.41, 5.74) is 6.40. The number of hydrogen-bond acceptors (Lipinski definition) is 7. The topological polar surface area (TPSA) is 89.2 Å². The molecule has 0 saturated heterocycles. The summed E-state index contributed by atoms with van der Waals surface area (Å²) in [6.45, 7) is 3.50. The second kappa shape index (κ2) is 9.86. The third-order valence-electron chi connectivity index (χ3n) is 2.70. The van der Waals surface area contributed by atoms with Crippen molar-refractivity contribution >= 4 is 11.7 Å². The summed E-state index contributed by atoms with van der Waals surface area (Å²) in [5, 5.41) is 0. The van der Waals surface area contributed by atoms with Crippen LogP contribution in [0.15, 0.2) is 12.1 Å². The third kappa shape index (κ3) is 5.42. The first kappa shape index (κ1) is 18.1. The van der Waals surface area contributed by atoms with Crippen LogP contribution >= 0.6 is 0 Å². The molecule has 0 spiro atoms. The fourth-order valence-electron chi connectivity index (χ4n) is 1.66. The summed E-state index contributed by atoms with van der Waals surface area (Å²) >= 11 is 0. The first-order valence-corrected chi connectivity index (χ1v) is 6.98. The number of nitrogens with two attached hydrogens (primary N) is 1. The monoisotopic (exact) mass is 313 g/mol. The summed E-state index contributed by atoms with van der Waals surface area (Å²) in [5.74, 6) is 0.351. The van der Waals surface area contributed by atoms with E-state index in [1.165, 1.54) is 6.07 Å². The van der Waals surface area contributed by atoms with Crippen molar-refractivity contribution in [2.75, 3.05) is 53.0 Å². The Morgan fingerprint density at radius 1 is 1.00 bits per heavy atom. The summed E-state index contributed by atoms with van der Waals surface area (Å²) in [6.07, 6.45) is 0. The molecule has 22 heavy (non-hydrogen) atoms. The van der Waals surface area contributed by atoms with Crippen LogP contribution in [0.25, 0.3) is 0 Å². The molecule has 0 unspecified atom stereocenters. The Hall–Kier alpha value is -1.99. The normalized spacial score (nSPS) is 10.3. The molecule has 7 nitrogen and oxygen atoms in total. The van der Waals surface area contributed by atoms with Crippen LogP contribution in [0.3, 0.4) is 0 Å². The van der Waals surface area contributed by atoms with Crippen molar-refractivity contribution in [1.29, 1.82) is 0 Å². The van der Waals surface area contributed by atoms with Gasteiger partial charge in [0.05, 0.1) is 31.1 Å². The minimum Gasteiger partial charge on any atom is -0.487 e. The number of methoxy groups -OCH3 is 2. The van der Waals surface area contributed by atoms with Crippen LogP contribution in [-0.4, -0.2) is 53.2 Å². The van der Waals surface area contributed by atoms with Gasteiger partial charge in [-0.2, -0.15) is 0 Å². The van der Waals surface area contributed by atoms with E-state index in [1.54, 1.807) is 27.2 Å². The second-order valence-corrected chi connectivity index (χ2v) is 4.29. The highest BCUT2D eigenvalue weighted by Crippen LogP contribution is 2.33. The predicted molar refractivity (Wildman–Crippen MR) is 81.6 cm³/mol. The quantitative estimate of drug-likeness (QED) is 0.398. The van der Waals surface area contributed by atoms with Crippen molar-refractivity contribution in [3.05, 3.63) is 17.7 Å². The molecular weight excluding hydrogens is 290 g/mol. The zero-order valence-electron chi connectivity index (χ0n) is 13.2. The van der Waals surface area contributed by atoms with E-state index in [0.29, 0.717) is 37.9 Å². The Morgan fingerprint density at radius 2 is 1.55 bits per heavy atom. The lowest BCUT2D eigenvalue weighted by Gasteiger charge is -2.15. The summed E-state index contributed by atoms with van der Waals surface area (Å²) in [6, 6.07) is 3.06. The molecule has 1 rings (SSSR count). The van der Waals surface area contributed by atoms with Crippen LogP contribution in [0, 0.1) is 0 Å². The Bertz CT molecular complexity index is 477. The average molecular weight is 313 g/mol. The first-order chi connectivity index (χ1) is 10.6. The smallest absolute Gasteiger partial charge is 0.340 e. The molecule has 7 heteroatoms. The Kier molecular flexibility index (Phi) is 8.09. The maximum absolute atomic E-state index is 11.9. The van der Waals surface area contributed by atoms with Gasteiger partial charge in [0.25, 0.3) is 0 Å². The van der Waals surface area contributed by atoms with Crippen molar-refractivity contribution < 1.29 is 28.5 Å². The summed E-state index contributed by atoms with van der Waals surface area (Å²) in [7, 11) is 3.16. The fourth-order valence-corrected chi connectivity index (χ4v) is 1.66. The largest absolute Gasteiger partial charge is 0.487 e. The van der Waals surface area contributed by atoms with Crippen molar-refractivity contribution in [2.45, 2.75) is 6.92 Å². The van der Waals surface area contributed by atoms with Crippen molar-refractivity contribution in [1.82, 2.24) is 0 Å². The molecule has 0 aliphatic heterocycles. The van der Waals surface area contributed by atoms with E-state index in [4.69, 9.17) is 29.4 Å². The maximum atomic E-state index is 11.9. The van der Waals surface area contributed by atoms with E-state index < -0.39 is 5.97 Å². The molecule has 0 radical (unpaired) electrons. The van der Waals surface area contributed by atoms with Gasteiger partial charge in [-0.25, -0.2) is 4.79 Å². The van der Waals surface area contributed by atoms with Gasteiger partial charge in [-0.15, -0.1) is 0 Å². The highest BCUT2D eigenvalue weighted by molar-refractivity contribution is 5.96. The highest BCUT2D eigenvalue weighted by atomic mass is 16.6. The molecule has 0 aliphatic carbocycles. The summed E-state index contributed by atoms with van der Waals surface area (Å²) in [4.78, 5) is 11.9. The van der Waals surface area contributed by atoms with Gasteiger partial charge < -0.3 is 29.4 Å². The van der Waals surface area contributed by atoms with Crippen LogP contribution in [0.2, 0.25) is 0 Å². The molecule has 1 aromatic carbocycles. The van der Waals surface area contributed by atoms with Crippen LogP contribution in [0.1, 0.15) is 17.3 Å². The van der Waals surface area contributed by atoms with Crippen LogP contribution in [-0.2, 0) is 14.2 Å². The van der Waals surface area contributed by atoms with Crippen molar-refractivity contribution in [3.63, 3.8) is 0 Å². The molecular formula is C15H23NO6. The number of ether oxygens (including phenoxy) is 5. The Balaban J connectivity index is 2.97. The van der Waals surface area contributed by atoms with Crippen LogP contribution < -0.4 is 15.2 Å². The second-order valence-electron chi connectivity index (χ2n) is 4.29. The lowest BCUT2D eigenvalue weighted by atomic mass is 10.1. The number of rotatable bonds is 10. The summed E-state index contributed by atoms with van der Waals surface area (Å²) < 4.78 is 26.0. The minimum absolute atomic E-state index is 0.244. The molecule has 0 aliphatic rings. The standard InChI is InChI=1S/C15H23NO6/c1-4-20-15(17)11-9-13(21-7-5-18-2)14(10-12(11)16)22-8-6-19-3/h9-10H,4-8,16H2,1-3H3. The molecule has 0 fully saturated rings. The van der Waals surface area contributed by atoms with Crippen molar-refractivity contribution in [3.8, 4) is 11.5 Å². The molecule has 0 amide bonds. The van der Waals surface area contributed by atoms with E-state index >= 15 is 0 Å². The van der Waals surface area contributed by atoms with Gasteiger partial charge >= 0.3 is 5.97 Å². The Labute approximate surface area is 130 Å². The zero-order chi connectivity index (χ0) is 16.4. The van der Waals surface area contributed by atoms with Gasteiger partial charge in [-0.1, -0.05) is 0 Å². The molecule has 0 atom stereocenters. The third-order valence-corrected chi connectivity index (χ3v) is 2.70. The number of esters is 1. The zero-order valence-corrected chi connectivity index (χ0v) is 13.2. The van der Waals surface area contributed by atoms with E-state index in [-0.39, 0.29) is 17.9 Å². The first-order valence-electron chi connectivity index (χ1n) is 6.98. The van der Waals surface area contributed by atoms with Gasteiger partial charge in [0.1, 0.15) is 13.2 Å². The van der Waals surface area contributed by atoms with E-state index in [1.807, 2.05) is 0 Å². The maximum Gasteiger partial charge on any atom is 0.340 e. The number of hydrogen-bond donors (Lipinski definition) is 1. The fraction of sp³-hybridized carbons (Fsp3) is 0.533. The highest BCUT2D eigenvalue weighted by Gasteiger charge is 2.17. The number of carbonyl (C=O) groups excluding carboxylic acids is 1. The number of carbonyl (C=O) groups is 1. The SMILES string of the molecule is CCOC(=O)c1cc(OCCOC)c(OCCOC)cc1N. The van der Waals surface area contributed by atoms with Crippen LogP contribution in [0.4, 0.5) is 5.69 Å².